The Kier molecular flexibility index (Phi) is 7.01. The van der Waals surface area contributed by atoms with Crippen LogP contribution in [0.5, 0.6) is 0 Å². The van der Waals surface area contributed by atoms with Gasteiger partial charge in [0.25, 0.3) is 0 Å². The summed E-state index contributed by atoms with van der Waals surface area (Å²) in [5.74, 6) is 0.425. The maximum absolute atomic E-state index is 13.4. The Morgan fingerprint density at radius 1 is 1.00 bits per heavy atom. The number of hydrogen-bond donors (Lipinski definition) is 3. The third-order valence-electron chi connectivity index (χ3n) is 7.23. The highest BCUT2D eigenvalue weighted by molar-refractivity contribution is 5.78. The zero-order valence-electron chi connectivity index (χ0n) is 21.6. The predicted octanol–water partition coefficient (Wildman–Crippen LogP) is 2.88. The Labute approximate surface area is 226 Å². The molecule has 0 aliphatic carbocycles. The molecule has 0 saturated heterocycles. The summed E-state index contributed by atoms with van der Waals surface area (Å²) in [6, 6.07) is 20.5. The van der Waals surface area contributed by atoms with Crippen LogP contribution in [-0.4, -0.2) is 60.6 Å². The second-order valence-electron chi connectivity index (χ2n) is 9.99. The molecule has 39 heavy (non-hydrogen) atoms. The molecule has 1 amide bonds. The average Bonchev–Trinajstić information content (AvgIpc) is 3.60. The fraction of sp³-hybridized carbons (Fsp3) is 0.276. The number of hydrogen-bond acceptors (Lipinski definition) is 7. The number of anilines is 1. The van der Waals surface area contributed by atoms with Crippen molar-refractivity contribution >= 4 is 22.9 Å². The van der Waals surface area contributed by atoms with Gasteiger partial charge in [-0.25, -0.2) is 4.98 Å². The molecule has 1 aliphatic heterocycles. The molecule has 0 saturated carbocycles. The number of carbonyl (C=O) groups excluding carboxylic acids is 1. The van der Waals surface area contributed by atoms with Crippen LogP contribution in [0.3, 0.4) is 0 Å². The van der Waals surface area contributed by atoms with Crippen molar-refractivity contribution in [2.24, 2.45) is 0 Å². The van der Waals surface area contributed by atoms with Gasteiger partial charge < -0.3 is 16.0 Å². The van der Waals surface area contributed by atoms with Crippen LogP contribution in [-0.2, 0) is 24.3 Å². The van der Waals surface area contributed by atoms with Crippen LogP contribution < -0.4 is 11.1 Å². The van der Waals surface area contributed by atoms with Crippen LogP contribution in [0.15, 0.2) is 73.1 Å². The Bertz CT molecular complexity index is 1580. The number of aromatic nitrogens is 6. The maximum Gasteiger partial charge on any atom is 0.236 e. The summed E-state index contributed by atoms with van der Waals surface area (Å²) in [6.45, 7) is 2.74. The van der Waals surface area contributed by atoms with Gasteiger partial charge in [-0.2, -0.15) is 15.4 Å². The minimum Gasteiger partial charge on any atom is -0.384 e. The Morgan fingerprint density at radius 3 is 2.72 bits per heavy atom. The molecule has 10 nitrogen and oxygen atoms in total. The van der Waals surface area contributed by atoms with Crippen LogP contribution in [0.4, 0.5) is 5.82 Å². The van der Waals surface area contributed by atoms with Crippen molar-refractivity contribution in [2.75, 3.05) is 25.4 Å². The minimum absolute atomic E-state index is 0.0510. The Balaban J connectivity index is 1.30. The van der Waals surface area contributed by atoms with Gasteiger partial charge in [-0.05, 0) is 53.3 Å². The Hall–Kier alpha value is -4.57. The molecule has 5 aromatic rings. The molecule has 1 atom stereocenters. The van der Waals surface area contributed by atoms with Crippen LogP contribution in [0, 0.1) is 0 Å². The van der Waals surface area contributed by atoms with Gasteiger partial charge >= 0.3 is 0 Å². The molecule has 3 aromatic heterocycles. The van der Waals surface area contributed by atoms with E-state index in [1.54, 1.807) is 0 Å². The highest BCUT2D eigenvalue weighted by Crippen LogP contribution is 2.32. The fourth-order valence-corrected chi connectivity index (χ4v) is 5.28. The smallest absolute Gasteiger partial charge is 0.236 e. The first kappa shape index (κ1) is 24.7. The number of amides is 1. The molecular formula is C29H31N9O. The first-order chi connectivity index (χ1) is 19.1. The lowest BCUT2D eigenvalue weighted by Crippen LogP contribution is -2.39. The molecule has 2 aromatic carbocycles. The van der Waals surface area contributed by atoms with E-state index in [1.807, 2.05) is 40.0 Å². The van der Waals surface area contributed by atoms with E-state index in [4.69, 9.17) is 5.73 Å². The molecule has 1 unspecified atom stereocenters. The number of nitrogens with zero attached hydrogens (tertiary/aromatic N) is 6. The van der Waals surface area contributed by atoms with E-state index in [-0.39, 0.29) is 18.4 Å². The lowest BCUT2D eigenvalue weighted by molar-refractivity contribution is -0.130. The third kappa shape index (κ3) is 5.65. The number of nitrogens with one attached hydrogen (secondary N) is 2. The quantitative estimate of drug-likeness (QED) is 0.331. The lowest BCUT2D eigenvalue weighted by Gasteiger charge is -2.24. The van der Waals surface area contributed by atoms with Crippen molar-refractivity contribution in [3.05, 3.63) is 101 Å². The first-order valence-electron chi connectivity index (χ1n) is 13.2. The van der Waals surface area contributed by atoms with Gasteiger partial charge in [0.1, 0.15) is 11.3 Å². The molecule has 4 N–H and O–H groups in total. The van der Waals surface area contributed by atoms with Gasteiger partial charge in [-0.15, -0.1) is 5.10 Å². The number of H-pyrrole nitrogens is 1. The Morgan fingerprint density at radius 2 is 1.85 bits per heavy atom. The van der Waals surface area contributed by atoms with Crippen LogP contribution in [0.2, 0.25) is 0 Å². The topological polar surface area (TPSA) is 131 Å². The average molecular weight is 522 g/mol. The molecule has 0 fully saturated rings. The largest absolute Gasteiger partial charge is 0.384 e. The molecule has 198 valence electrons. The summed E-state index contributed by atoms with van der Waals surface area (Å²) < 4.78 is 1.96. The summed E-state index contributed by atoms with van der Waals surface area (Å²) in [4.78, 5) is 19.7. The molecule has 6 rings (SSSR count). The van der Waals surface area contributed by atoms with Crippen LogP contribution in [0.1, 0.15) is 40.2 Å². The van der Waals surface area contributed by atoms with Gasteiger partial charge in [0.2, 0.25) is 11.6 Å². The van der Waals surface area contributed by atoms with E-state index >= 15 is 0 Å². The number of rotatable bonds is 4. The summed E-state index contributed by atoms with van der Waals surface area (Å²) in [7, 11) is 0. The number of carbonyl (C=O) groups is 1. The first-order valence-corrected chi connectivity index (χ1v) is 13.2. The van der Waals surface area contributed by atoms with Crippen LogP contribution >= 0.6 is 0 Å². The summed E-state index contributed by atoms with van der Waals surface area (Å²) in [5, 5.41) is 19.2. The lowest BCUT2D eigenvalue weighted by atomic mass is 9.90. The van der Waals surface area contributed by atoms with Crippen molar-refractivity contribution in [1.82, 2.24) is 40.4 Å². The second kappa shape index (κ2) is 11.0. The summed E-state index contributed by atoms with van der Waals surface area (Å²) in [5.41, 5.74) is 12.8. The van der Waals surface area contributed by atoms with Crippen molar-refractivity contribution in [1.29, 1.82) is 0 Å². The molecule has 4 heterocycles. The van der Waals surface area contributed by atoms with E-state index in [9.17, 15) is 4.79 Å². The van der Waals surface area contributed by atoms with E-state index < -0.39 is 0 Å². The van der Waals surface area contributed by atoms with Gasteiger partial charge in [-0.1, -0.05) is 54.6 Å². The van der Waals surface area contributed by atoms with Gasteiger partial charge in [0, 0.05) is 25.2 Å². The number of benzene rings is 2. The van der Waals surface area contributed by atoms with E-state index in [1.165, 1.54) is 5.56 Å². The van der Waals surface area contributed by atoms with Crippen molar-refractivity contribution in [2.45, 2.75) is 31.8 Å². The monoisotopic (exact) mass is 521 g/mol. The maximum atomic E-state index is 13.4. The number of nitrogen functional groups attached to an aromatic ring is 1. The third-order valence-corrected chi connectivity index (χ3v) is 7.23. The standard InChI is InChI=1S/C29H31N9O/c30-26-14-25(28-29(33-26)35-36-34-28)24-9-11-31-16-27(39)37(12-10-20-5-2-1-3-6-20)17-21-7-4-8-22(13-21)18-38-19-23(24)15-32-38/h1-8,13-15,19,24,31H,9-12,16-18H2,(H3,30,33,34,35,36). The number of pyridine rings is 1. The van der Waals surface area contributed by atoms with Crippen molar-refractivity contribution in [3.8, 4) is 0 Å². The molecular weight excluding hydrogens is 490 g/mol. The molecule has 10 heteroatoms. The number of nitrogens with two attached hydrogens (primary N) is 1. The highest BCUT2D eigenvalue weighted by Gasteiger charge is 2.23. The molecule has 4 bridgehead atoms. The molecule has 0 radical (unpaired) electrons. The molecule has 1 aliphatic rings. The minimum atomic E-state index is -0.0510. The summed E-state index contributed by atoms with van der Waals surface area (Å²) >= 11 is 0. The molecule has 0 spiro atoms. The fourth-order valence-electron chi connectivity index (χ4n) is 5.28. The summed E-state index contributed by atoms with van der Waals surface area (Å²) in [6.07, 6.45) is 5.51. The SMILES string of the molecule is Nc1cc(C2CCNCC(=O)N(CCc3ccccc3)Cc3cccc(c3)Cn3cc2cn3)c2n[nH]nc2n1. The normalized spacial score (nSPS) is 16.7. The van der Waals surface area contributed by atoms with Gasteiger partial charge in [-0.3, -0.25) is 9.48 Å². The van der Waals surface area contributed by atoms with Crippen molar-refractivity contribution in [3.63, 3.8) is 0 Å². The van der Waals surface area contributed by atoms with Crippen LogP contribution in [0.25, 0.3) is 11.2 Å². The highest BCUT2D eigenvalue weighted by atomic mass is 16.2. The number of aromatic amines is 1. The van der Waals surface area contributed by atoms with Gasteiger partial charge in [0.05, 0.1) is 19.3 Å². The number of fused-ring (bicyclic) bond motifs is 5. The van der Waals surface area contributed by atoms with E-state index in [0.717, 1.165) is 35.1 Å². The van der Waals surface area contributed by atoms with Crippen molar-refractivity contribution < 1.29 is 4.79 Å². The van der Waals surface area contributed by atoms with E-state index in [0.29, 0.717) is 43.2 Å². The zero-order valence-corrected chi connectivity index (χ0v) is 21.6. The van der Waals surface area contributed by atoms with Gasteiger partial charge in [0.15, 0.2) is 0 Å². The van der Waals surface area contributed by atoms with E-state index in [2.05, 4.69) is 73.4 Å². The predicted molar refractivity (Wildman–Crippen MR) is 149 cm³/mol. The zero-order chi connectivity index (χ0) is 26.6. The second-order valence-corrected chi connectivity index (χ2v) is 9.99.